The molecule has 0 bridgehead atoms. The summed E-state index contributed by atoms with van der Waals surface area (Å²) in [4.78, 5) is 12.2. The van der Waals surface area contributed by atoms with E-state index >= 15 is 0 Å². The lowest BCUT2D eigenvalue weighted by Gasteiger charge is -2.19. The highest BCUT2D eigenvalue weighted by molar-refractivity contribution is 5.76. The molecule has 3 rings (SSSR count). The van der Waals surface area contributed by atoms with Crippen LogP contribution in [0.25, 0.3) is 0 Å². The van der Waals surface area contributed by atoms with E-state index in [0.29, 0.717) is 24.5 Å². The second-order valence-electron chi connectivity index (χ2n) is 6.37. The Morgan fingerprint density at radius 3 is 2.71 bits per heavy atom. The van der Waals surface area contributed by atoms with Crippen molar-refractivity contribution in [1.82, 2.24) is 5.32 Å². The zero-order valence-electron chi connectivity index (χ0n) is 12.6. The molecule has 1 heterocycles. The fourth-order valence-corrected chi connectivity index (χ4v) is 3.15. The van der Waals surface area contributed by atoms with Gasteiger partial charge in [-0.05, 0) is 50.0 Å². The van der Waals surface area contributed by atoms with Crippen LogP contribution >= 0.6 is 0 Å². The zero-order valence-corrected chi connectivity index (χ0v) is 12.6. The van der Waals surface area contributed by atoms with Gasteiger partial charge >= 0.3 is 0 Å². The summed E-state index contributed by atoms with van der Waals surface area (Å²) in [6.45, 7) is 0.866. The molecule has 21 heavy (non-hydrogen) atoms. The number of benzene rings is 1. The maximum absolute atomic E-state index is 12.2. The number of carbonyl (C=O) groups is 1. The van der Waals surface area contributed by atoms with E-state index in [9.17, 15) is 4.79 Å². The molecule has 3 nitrogen and oxygen atoms in total. The summed E-state index contributed by atoms with van der Waals surface area (Å²) in [7, 11) is 0. The zero-order chi connectivity index (χ0) is 14.5. The molecule has 2 fully saturated rings. The third-order valence-electron chi connectivity index (χ3n) is 4.55. The van der Waals surface area contributed by atoms with E-state index in [1.807, 2.05) is 6.07 Å². The molecular formula is C18H25NO2. The van der Waals surface area contributed by atoms with Gasteiger partial charge in [0.2, 0.25) is 5.91 Å². The number of ether oxygens (including phenoxy) is 1. The summed E-state index contributed by atoms with van der Waals surface area (Å²) in [5.41, 5.74) is 1.31. The van der Waals surface area contributed by atoms with Crippen molar-refractivity contribution in [2.24, 2.45) is 5.92 Å². The van der Waals surface area contributed by atoms with E-state index in [-0.39, 0.29) is 5.91 Å². The van der Waals surface area contributed by atoms with Crippen LogP contribution < -0.4 is 5.32 Å². The smallest absolute Gasteiger partial charge is 0.220 e. The standard InChI is InChI=1S/C18H25NO2/c20-18(11-10-16-7-4-12-21-16)19-17(15-8-9-15)13-14-5-2-1-3-6-14/h1-3,5-6,15-17H,4,7-13H2,(H,19,20)/t16-,17-/m0/s1. The van der Waals surface area contributed by atoms with Gasteiger partial charge in [-0.3, -0.25) is 4.79 Å². The van der Waals surface area contributed by atoms with E-state index in [1.54, 1.807) is 0 Å². The van der Waals surface area contributed by atoms with Gasteiger partial charge in [0.25, 0.3) is 0 Å². The highest BCUT2D eigenvalue weighted by atomic mass is 16.5. The van der Waals surface area contributed by atoms with Crippen molar-refractivity contribution >= 4 is 5.91 Å². The topological polar surface area (TPSA) is 38.3 Å². The van der Waals surface area contributed by atoms with Gasteiger partial charge in [0.1, 0.15) is 0 Å². The molecule has 1 aromatic rings. The van der Waals surface area contributed by atoms with Crippen molar-refractivity contribution in [2.75, 3.05) is 6.61 Å². The van der Waals surface area contributed by atoms with Crippen LogP contribution in [-0.4, -0.2) is 24.7 Å². The lowest BCUT2D eigenvalue weighted by Crippen LogP contribution is -2.38. The fourth-order valence-electron chi connectivity index (χ4n) is 3.15. The van der Waals surface area contributed by atoms with E-state index in [4.69, 9.17) is 4.74 Å². The van der Waals surface area contributed by atoms with E-state index < -0.39 is 0 Å². The summed E-state index contributed by atoms with van der Waals surface area (Å²) < 4.78 is 5.58. The van der Waals surface area contributed by atoms with Crippen LogP contribution in [0.4, 0.5) is 0 Å². The van der Waals surface area contributed by atoms with Crippen molar-refractivity contribution in [2.45, 2.75) is 57.1 Å². The molecule has 1 saturated carbocycles. The monoisotopic (exact) mass is 287 g/mol. The number of amides is 1. The number of hydrogen-bond donors (Lipinski definition) is 1. The largest absolute Gasteiger partial charge is 0.378 e. The molecule has 2 atom stereocenters. The van der Waals surface area contributed by atoms with Gasteiger partial charge in [0, 0.05) is 19.1 Å². The van der Waals surface area contributed by atoms with Gasteiger partial charge < -0.3 is 10.1 Å². The van der Waals surface area contributed by atoms with E-state index in [1.165, 1.54) is 18.4 Å². The summed E-state index contributed by atoms with van der Waals surface area (Å²) in [6, 6.07) is 10.8. The maximum Gasteiger partial charge on any atom is 0.220 e. The van der Waals surface area contributed by atoms with Gasteiger partial charge in [-0.2, -0.15) is 0 Å². The third-order valence-corrected chi connectivity index (χ3v) is 4.55. The summed E-state index contributed by atoms with van der Waals surface area (Å²) in [5, 5.41) is 3.26. The summed E-state index contributed by atoms with van der Waals surface area (Å²) in [5.74, 6) is 0.871. The Balaban J connectivity index is 1.46. The molecular weight excluding hydrogens is 262 g/mol. The van der Waals surface area contributed by atoms with Crippen LogP contribution in [0.3, 0.4) is 0 Å². The molecule has 0 unspecified atom stereocenters. The highest BCUT2D eigenvalue weighted by Gasteiger charge is 2.32. The third kappa shape index (κ3) is 4.57. The Bertz CT molecular complexity index is 450. The second-order valence-corrected chi connectivity index (χ2v) is 6.37. The molecule has 3 heteroatoms. The van der Waals surface area contributed by atoms with Gasteiger partial charge in [-0.25, -0.2) is 0 Å². The Morgan fingerprint density at radius 2 is 2.05 bits per heavy atom. The Hall–Kier alpha value is -1.35. The van der Waals surface area contributed by atoms with Crippen molar-refractivity contribution in [3.63, 3.8) is 0 Å². The van der Waals surface area contributed by atoms with Crippen LogP contribution in [-0.2, 0) is 16.0 Å². The second kappa shape index (κ2) is 7.08. The molecule has 2 aliphatic rings. The fraction of sp³-hybridized carbons (Fsp3) is 0.611. The first-order valence-electron chi connectivity index (χ1n) is 8.26. The minimum Gasteiger partial charge on any atom is -0.378 e. The van der Waals surface area contributed by atoms with E-state index in [0.717, 1.165) is 32.3 Å². The van der Waals surface area contributed by atoms with Crippen LogP contribution in [0.15, 0.2) is 30.3 Å². The van der Waals surface area contributed by atoms with Crippen LogP contribution in [0.5, 0.6) is 0 Å². The first-order chi connectivity index (χ1) is 10.3. The highest BCUT2D eigenvalue weighted by Crippen LogP contribution is 2.34. The first-order valence-corrected chi connectivity index (χ1v) is 8.26. The van der Waals surface area contributed by atoms with Crippen molar-refractivity contribution in [3.8, 4) is 0 Å². The molecule has 1 aromatic carbocycles. The predicted octanol–water partition coefficient (Wildman–Crippen LogP) is 3.08. The summed E-state index contributed by atoms with van der Waals surface area (Å²) in [6.07, 6.45) is 7.50. The lowest BCUT2D eigenvalue weighted by atomic mass is 10.0. The molecule has 1 saturated heterocycles. The Labute approximate surface area is 127 Å². The first kappa shape index (κ1) is 14.6. The van der Waals surface area contributed by atoms with Gasteiger partial charge in [0.05, 0.1) is 6.10 Å². The minimum absolute atomic E-state index is 0.193. The van der Waals surface area contributed by atoms with Crippen molar-refractivity contribution < 1.29 is 9.53 Å². The van der Waals surface area contributed by atoms with Gasteiger partial charge in [0.15, 0.2) is 0 Å². The molecule has 114 valence electrons. The average molecular weight is 287 g/mol. The normalized spacial score (nSPS) is 23.0. The van der Waals surface area contributed by atoms with Crippen LogP contribution in [0.1, 0.15) is 44.1 Å². The molecule has 1 N–H and O–H groups in total. The predicted molar refractivity (Wildman–Crippen MR) is 83.0 cm³/mol. The quantitative estimate of drug-likeness (QED) is 0.837. The molecule has 0 spiro atoms. The minimum atomic E-state index is 0.193. The lowest BCUT2D eigenvalue weighted by molar-refractivity contribution is -0.122. The number of nitrogens with one attached hydrogen (secondary N) is 1. The number of carbonyl (C=O) groups excluding carboxylic acids is 1. The van der Waals surface area contributed by atoms with Crippen molar-refractivity contribution in [1.29, 1.82) is 0 Å². The van der Waals surface area contributed by atoms with E-state index in [2.05, 4.69) is 29.6 Å². The SMILES string of the molecule is O=C(CC[C@@H]1CCCO1)N[C@@H](Cc1ccccc1)C1CC1. The van der Waals surface area contributed by atoms with Crippen LogP contribution in [0, 0.1) is 5.92 Å². The average Bonchev–Trinajstić information content (AvgIpc) is 3.22. The van der Waals surface area contributed by atoms with Gasteiger partial charge in [-0.1, -0.05) is 30.3 Å². The van der Waals surface area contributed by atoms with Gasteiger partial charge in [-0.15, -0.1) is 0 Å². The number of hydrogen-bond acceptors (Lipinski definition) is 2. The molecule has 0 radical (unpaired) electrons. The Morgan fingerprint density at radius 1 is 1.24 bits per heavy atom. The number of rotatable bonds is 7. The maximum atomic E-state index is 12.2. The van der Waals surface area contributed by atoms with Crippen LogP contribution in [0.2, 0.25) is 0 Å². The molecule has 1 aliphatic carbocycles. The summed E-state index contributed by atoms with van der Waals surface area (Å²) >= 11 is 0. The molecule has 1 aliphatic heterocycles. The Kier molecular flexibility index (Phi) is 4.91. The molecule has 1 amide bonds. The molecule has 0 aromatic heterocycles. The van der Waals surface area contributed by atoms with Crippen molar-refractivity contribution in [3.05, 3.63) is 35.9 Å².